The Morgan fingerprint density at radius 2 is 2.00 bits per heavy atom. The number of aryl methyl sites for hydroxylation is 1. The number of anilines is 1. The summed E-state index contributed by atoms with van der Waals surface area (Å²) in [6, 6.07) is 9.39. The van der Waals surface area contributed by atoms with E-state index in [2.05, 4.69) is 15.5 Å². The molecule has 4 aromatic rings. The molecule has 1 amide bonds. The molecule has 0 spiro atoms. The highest BCUT2D eigenvalue weighted by Crippen LogP contribution is 2.33. The molecular weight excluding hydrogens is 409 g/mol. The van der Waals surface area contributed by atoms with Crippen LogP contribution in [0.15, 0.2) is 46.3 Å². The molecule has 0 bridgehead atoms. The van der Waals surface area contributed by atoms with Gasteiger partial charge in [0.1, 0.15) is 22.8 Å². The number of carbonyl (C=O) groups is 1. The van der Waals surface area contributed by atoms with E-state index < -0.39 is 5.91 Å². The van der Waals surface area contributed by atoms with Crippen LogP contribution in [0.2, 0.25) is 4.34 Å². The summed E-state index contributed by atoms with van der Waals surface area (Å²) in [4.78, 5) is 18.1. The summed E-state index contributed by atoms with van der Waals surface area (Å²) in [5, 5.41) is 9.01. The molecule has 0 atom stereocenters. The lowest BCUT2D eigenvalue weighted by atomic mass is 10.1. The quantitative estimate of drug-likeness (QED) is 0.448. The number of halogens is 2. The second-order valence-electron chi connectivity index (χ2n) is 5.57. The van der Waals surface area contributed by atoms with Crippen LogP contribution in [0.5, 0.6) is 0 Å². The highest BCUT2D eigenvalue weighted by Gasteiger charge is 2.22. The van der Waals surface area contributed by atoms with Gasteiger partial charge in [0.25, 0.3) is 5.91 Å². The van der Waals surface area contributed by atoms with Gasteiger partial charge in [-0.2, -0.15) is 0 Å². The zero-order valence-electron chi connectivity index (χ0n) is 13.8. The summed E-state index contributed by atoms with van der Waals surface area (Å²) in [6.45, 7) is 1.65. The van der Waals surface area contributed by atoms with E-state index in [4.69, 9.17) is 16.1 Å². The van der Waals surface area contributed by atoms with Crippen LogP contribution in [0.25, 0.3) is 21.8 Å². The Hall–Kier alpha value is -2.55. The van der Waals surface area contributed by atoms with Crippen molar-refractivity contribution in [3.05, 3.63) is 63.3 Å². The van der Waals surface area contributed by atoms with Gasteiger partial charge in [-0.15, -0.1) is 22.7 Å². The van der Waals surface area contributed by atoms with Crippen molar-refractivity contribution in [3.63, 3.8) is 0 Å². The molecule has 5 nitrogen and oxygen atoms in total. The summed E-state index contributed by atoms with van der Waals surface area (Å²) in [5.41, 5.74) is 1.98. The van der Waals surface area contributed by atoms with E-state index in [1.807, 2.05) is 11.4 Å². The highest BCUT2D eigenvalue weighted by molar-refractivity contribution is 7.20. The maximum Gasteiger partial charge on any atom is 0.263 e. The molecule has 0 aliphatic rings. The Morgan fingerprint density at radius 1 is 1.22 bits per heavy atom. The summed E-state index contributed by atoms with van der Waals surface area (Å²) in [6.07, 6.45) is 0. The Bertz CT molecular complexity index is 1120. The number of amides is 1. The number of rotatable bonds is 4. The molecule has 27 heavy (non-hydrogen) atoms. The molecular formula is C18H11ClFN3O2S2. The number of benzene rings is 1. The summed E-state index contributed by atoms with van der Waals surface area (Å²) >= 11 is 8.68. The lowest BCUT2D eigenvalue weighted by Gasteiger charge is -2.03. The van der Waals surface area contributed by atoms with Gasteiger partial charge in [0.05, 0.1) is 14.9 Å². The van der Waals surface area contributed by atoms with Crippen LogP contribution in [0.3, 0.4) is 0 Å². The van der Waals surface area contributed by atoms with E-state index in [0.717, 1.165) is 10.6 Å². The first-order valence-electron chi connectivity index (χ1n) is 7.76. The minimum atomic E-state index is -0.391. The Morgan fingerprint density at radius 3 is 2.70 bits per heavy atom. The number of nitrogens with one attached hydrogen (secondary N) is 1. The molecule has 0 saturated heterocycles. The third kappa shape index (κ3) is 3.64. The maximum atomic E-state index is 13.2. The fourth-order valence-electron chi connectivity index (χ4n) is 2.50. The largest absolute Gasteiger partial charge is 0.360 e. The lowest BCUT2D eigenvalue weighted by Crippen LogP contribution is -2.13. The molecule has 9 heteroatoms. The number of thiazole rings is 1. The SMILES string of the molecule is Cc1onc(-c2ccc(F)cc2)c1C(=O)Nc1nc(-c2ccc(Cl)s2)cs1. The third-order valence-corrected chi connectivity index (χ3v) is 5.77. The van der Waals surface area contributed by atoms with Gasteiger partial charge in [0.2, 0.25) is 0 Å². The zero-order chi connectivity index (χ0) is 19.0. The number of thiophene rings is 1. The normalized spacial score (nSPS) is 10.9. The van der Waals surface area contributed by atoms with Gasteiger partial charge in [-0.3, -0.25) is 10.1 Å². The first kappa shape index (κ1) is 17.8. The van der Waals surface area contributed by atoms with Crippen molar-refractivity contribution in [2.45, 2.75) is 6.92 Å². The van der Waals surface area contributed by atoms with E-state index >= 15 is 0 Å². The minimum absolute atomic E-state index is 0.289. The Kier molecular flexibility index (Phi) is 4.77. The van der Waals surface area contributed by atoms with E-state index in [-0.39, 0.29) is 11.4 Å². The van der Waals surface area contributed by atoms with Gasteiger partial charge in [-0.1, -0.05) is 16.8 Å². The highest BCUT2D eigenvalue weighted by atomic mass is 35.5. The predicted molar refractivity (Wildman–Crippen MR) is 105 cm³/mol. The van der Waals surface area contributed by atoms with Gasteiger partial charge >= 0.3 is 0 Å². The fourth-order valence-corrected chi connectivity index (χ4v) is 4.28. The van der Waals surface area contributed by atoms with E-state index in [1.54, 1.807) is 25.1 Å². The molecule has 0 radical (unpaired) electrons. The predicted octanol–water partition coefficient (Wildman–Crippen LogP) is 5.88. The lowest BCUT2D eigenvalue weighted by molar-refractivity contribution is 0.102. The number of hydrogen-bond donors (Lipinski definition) is 1. The number of aromatic nitrogens is 2. The molecule has 0 saturated carbocycles. The first-order chi connectivity index (χ1) is 13.0. The molecule has 3 aromatic heterocycles. The standard InChI is InChI=1S/C18H11ClFN3O2S2/c1-9-15(16(23-25-9)10-2-4-11(20)5-3-10)17(24)22-18-21-12(8-26-18)13-6-7-14(19)27-13/h2-8H,1H3,(H,21,22,24). The van der Waals surface area contributed by atoms with Crippen molar-refractivity contribution in [2.75, 3.05) is 5.32 Å². The van der Waals surface area contributed by atoms with Crippen LogP contribution in [-0.4, -0.2) is 16.0 Å². The molecule has 1 aromatic carbocycles. The molecule has 1 N–H and O–H groups in total. The molecule has 0 aliphatic heterocycles. The molecule has 4 rings (SSSR count). The second-order valence-corrected chi connectivity index (χ2v) is 8.14. The number of carbonyl (C=O) groups excluding carboxylic acids is 1. The Balaban J connectivity index is 1.60. The average Bonchev–Trinajstić information content (AvgIpc) is 3.36. The average molecular weight is 420 g/mol. The van der Waals surface area contributed by atoms with Crippen LogP contribution in [0, 0.1) is 12.7 Å². The first-order valence-corrected chi connectivity index (χ1v) is 9.83. The van der Waals surface area contributed by atoms with Crippen LogP contribution < -0.4 is 5.32 Å². The maximum absolute atomic E-state index is 13.2. The zero-order valence-corrected chi connectivity index (χ0v) is 16.2. The van der Waals surface area contributed by atoms with Crippen molar-refractivity contribution < 1.29 is 13.7 Å². The van der Waals surface area contributed by atoms with Crippen molar-refractivity contribution in [3.8, 4) is 21.8 Å². The summed E-state index contributed by atoms with van der Waals surface area (Å²) in [7, 11) is 0. The van der Waals surface area contributed by atoms with Crippen LogP contribution in [0.4, 0.5) is 9.52 Å². The van der Waals surface area contributed by atoms with Crippen LogP contribution in [-0.2, 0) is 0 Å². The third-order valence-electron chi connectivity index (χ3n) is 3.76. The Labute approximate surface area is 166 Å². The smallest absolute Gasteiger partial charge is 0.263 e. The molecule has 0 aliphatic carbocycles. The van der Waals surface area contributed by atoms with E-state index in [1.165, 1.54) is 34.8 Å². The minimum Gasteiger partial charge on any atom is -0.360 e. The molecule has 3 heterocycles. The fraction of sp³-hybridized carbons (Fsp3) is 0.0556. The summed E-state index contributed by atoms with van der Waals surface area (Å²) < 4.78 is 19.0. The van der Waals surface area contributed by atoms with E-state index in [0.29, 0.717) is 26.5 Å². The van der Waals surface area contributed by atoms with Crippen LogP contribution >= 0.6 is 34.3 Å². The number of nitrogens with zero attached hydrogens (tertiary/aromatic N) is 2. The molecule has 0 fully saturated rings. The molecule has 136 valence electrons. The van der Waals surface area contributed by atoms with Crippen molar-refractivity contribution in [1.29, 1.82) is 0 Å². The van der Waals surface area contributed by atoms with Crippen molar-refractivity contribution in [1.82, 2.24) is 10.1 Å². The second kappa shape index (κ2) is 7.22. The summed E-state index contributed by atoms with van der Waals surface area (Å²) in [5.74, 6) is -0.388. The van der Waals surface area contributed by atoms with Crippen LogP contribution in [0.1, 0.15) is 16.1 Å². The van der Waals surface area contributed by atoms with Gasteiger partial charge < -0.3 is 4.52 Å². The van der Waals surface area contributed by atoms with Crippen molar-refractivity contribution >= 4 is 45.3 Å². The van der Waals surface area contributed by atoms with E-state index in [9.17, 15) is 9.18 Å². The van der Waals surface area contributed by atoms with Gasteiger partial charge in [0.15, 0.2) is 5.13 Å². The monoisotopic (exact) mass is 419 g/mol. The number of hydrogen-bond acceptors (Lipinski definition) is 6. The topological polar surface area (TPSA) is 68.0 Å². The van der Waals surface area contributed by atoms with Gasteiger partial charge in [0, 0.05) is 10.9 Å². The van der Waals surface area contributed by atoms with Gasteiger partial charge in [-0.05, 0) is 43.3 Å². The van der Waals surface area contributed by atoms with Gasteiger partial charge in [-0.25, -0.2) is 9.37 Å². The van der Waals surface area contributed by atoms with Crippen molar-refractivity contribution in [2.24, 2.45) is 0 Å². The molecule has 0 unspecified atom stereocenters.